The first-order valence-corrected chi connectivity index (χ1v) is 12.1. The highest BCUT2D eigenvalue weighted by atomic mass is 16.3. The number of rotatable bonds is 3. The molecule has 4 fully saturated rings. The lowest BCUT2D eigenvalue weighted by atomic mass is 9.49. The van der Waals surface area contributed by atoms with Crippen molar-refractivity contribution < 1.29 is 9.90 Å². The molecule has 5 aliphatic rings. The van der Waals surface area contributed by atoms with Crippen molar-refractivity contribution in [3.63, 3.8) is 0 Å². The largest absolute Gasteiger partial charge is 0.390 e. The Morgan fingerprint density at radius 2 is 2.06 bits per heavy atom. The first-order chi connectivity index (χ1) is 14.7. The van der Waals surface area contributed by atoms with Crippen molar-refractivity contribution in [1.29, 1.82) is 5.26 Å². The lowest BCUT2D eigenvalue weighted by Crippen LogP contribution is -2.50. The van der Waals surface area contributed by atoms with Gasteiger partial charge in [-0.05, 0) is 104 Å². The summed E-state index contributed by atoms with van der Waals surface area (Å²) >= 11 is 0. The maximum atomic E-state index is 13.3. The van der Waals surface area contributed by atoms with Crippen molar-refractivity contribution in [3.8, 4) is 6.07 Å². The number of fused-ring (bicyclic) bond motifs is 3. The number of nitriles is 1. The van der Waals surface area contributed by atoms with E-state index in [1.165, 1.54) is 38.3 Å². The van der Waals surface area contributed by atoms with Crippen LogP contribution in [0.3, 0.4) is 0 Å². The molecule has 1 N–H and O–H groups in total. The van der Waals surface area contributed by atoms with Gasteiger partial charge in [0.2, 0.25) is 0 Å². The molecule has 5 aliphatic carbocycles. The molecule has 6 rings (SSSR count). The van der Waals surface area contributed by atoms with Crippen LogP contribution < -0.4 is 0 Å². The number of aromatic nitrogens is 2. The van der Waals surface area contributed by atoms with Crippen LogP contribution in [0, 0.1) is 45.3 Å². The van der Waals surface area contributed by atoms with E-state index in [-0.39, 0.29) is 17.7 Å². The highest BCUT2D eigenvalue weighted by molar-refractivity contribution is 5.97. The summed E-state index contributed by atoms with van der Waals surface area (Å²) in [5.74, 6) is 2.24. The van der Waals surface area contributed by atoms with Gasteiger partial charge < -0.3 is 5.11 Å². The summed E-state index contributed by atoms with van der Waals surface area (Å²) in [6.07, 6.45) is 15.8. The molecule has 0 saturated heterocycles. The molecule has 0 bridgehead atoms. The van der Waals surface area contributed by atoms with E-state index in [1.54, 1.807) is 10.9 Å². The minimum absolute atomic E-state index is 0.0187. The highest BCUT2D eigenvalue weighted by Gasteiger charge is 2.76. The van der Waals surface area contributed by atoms with E-state index in [0.29, 0.717) is 28.2 Å². The van der Waals surface area contributed by atoms with Crippen LogP contribution >= 0.6 is 0 Å². The van der Waals surface area contributed by atoms with Crippen molar-refractivity contribution in [3.05, 3.63) is 29.6 Å². The molecular weight excluding hydrogens is 386 g/mol. The normalized spacial score (nSPS) is 47.3. The van der Waals surface area contributed by atoms with Gasteiger partial charge in [-0.1, -0.05) is 13.0 Å². The van der Waals surface area contributed by atoms with E-state index in [2.05, 4.69) is 24.2 Å². The number of hydrogen-bond donors (Lipinski definition) is 1. The molecule has 0 spiro atoms. The van der Waals surface area contributed by atoms with E-state index in [1.807, 2.05) is 6.92 Å². The Kier molecular flexibility index (Phi) is 3.88. The minimum Gasteiger partial charge on any atom is -0.390 e. The zero-order valence-electron chi connectivity index (χ0n) is 18.7. The molecule has 1 heterocycles. The minimum atomic E-state index is -0.470. The first kappa shape index (κ1) is 19.7. The number of nitrogens with zero attached hydrogens (tertiary/aromatic N) is 3. The third-order valence-corrected chi connectivity index (χ3v) is 10.5. The second-order valence-electron chi connectivity index (χ2n) is 12.0. The van der Waals surface area contributed by atoms with Gasteiger partial charge in [0.25, 0.3) is 0 Å². The maximum absolute atomic E-state index is 13.3. The molecule has 7 atom stereocenters. The number of ketones is 1. The van der Waals surface area contributed by atoms with Gasteiger partial charge in [0.05, 0.1) is 17.4 Å². The highest BCUT2D eigenvalue weighted by Crippen LogP contribution is 2.83. The van der Waals surface area contributed by atoms with Gasteiger partial charge >= 0.3 is 0 Å². The van der Waals surface area contributed by atoms with Gasteiger partial charge in [-0.15, -0.1) is 0 Å². The standard InChI is InChI=1S/C26H33N3O2/c1-23(31)9-10-26-16-25(26,15-23)8-5-18-19-3-4-21(24(19,2)7-6-20(18)26)22(30)14-29-13-17(11-27)12-28-29/h4,12-13,18-20,31H,3,5-10,14-16H2,1-2H3/t18-,19-,20-,23+,24-,25+,26-/m0/s1. The smallest absolute Gasteiger partial charge is 0.180 e. The second-order valence-corrected chi connectivity index (χ2v) is 12.0. The van der Waals surface area contributed by atoms with Gasteiger partial charge in [0.1, 0.15) is 12.6 Å². The Morgan fingerprint density at radius 1 is 1.23 bits per heavy atom. The summed E-state index contributed by atoms with van der Waals surface area (Å²) < 4.78 is 1.61. The Hall–Kier alpha value is -1.93. The maximum Gasteiger partial charge on any atom is 0.180 e. The topological polar surface area (TPSA) is 78.9 Å². The summed E-state index contributed by atoms with van der Waals surface area (Å²) in [5.41, 5.74) is 1.92. The van der Waals surface area contributed by atoms with Crippen molar-refractivity contribution in [2.24, 2.45) is 34.0 Å². The van der Waals surface area contributed by atoms with Gasteiger partial charge in [-0.3, -0.25) is 9.48 Å². The average molecular weight is 420 g/mol. The van der Waals surface area contributed by atoms with Crippen molar-refractivity contribution >= 4 is 5.78 Å². The Bertz CT molecular complexity index is 1030. The summed E-state index contributed by atoms with van der Waals surface area (Å²) in [6.45, 7) is 4.62. The molecule has 5 nitrogen and oxygen atoms in total. The van der Waals surface area contributed by atoms with E-state index < -0.39 is 5.60 Å². The Balaban J connectivity index is 1.22. The number of hydrogen-bond acceptors (Lipinski definition) is 4. The molecule has 5 heteroatoms. The molecule has 164 valence electrons. The first-order valence-electron chi connectivity index (χ1n) is 12.1. The molecule has 1 aromatic rings. The number of aliphatic hydroxyl groups is 1. The molecular formula is C26H33N3O2. The van der Waals surface area contributed by atoms with Gasteiger partial charge in [-0.2, -0.15) is 10.4 Å². The number of Topliss-reactive ketones (excluding diaryl/α,β-unsaturated/α-hetero) is 1. The predicted molar refractivity (Wildman–Crippen MR) is 116 cm³/mol. The third kappa shape index (κ3) is 2.58. The lowest BCUT2D eigenvalue weighted by molar-refractivity contribution is -0.120. The molecule has 0 unspecified atom stereocenters. The predicted octanol–water partition coefficient (Wildman–Crippen LogP) is 4.41. The van der Waals surface area contributed by atoms with Crippen LogP contribution in [-0.2, 0) is 11.3 Å². The van der Waals surface area contributed by atoms with Crippen LogP contribution in [-0.4, -0.2) is 26.3 Å². The summed E-state index contributed by atoms with van der Waals surface area (Å²) in [5, 5.41) is 24.0. The quantitative estimate of drug-likeness (QED) is 0.787. The van der Waals surface area contributed by atoms with E-state index in [9.17, 15) is 9.90 Å². The van der Waals surface area contributed by atoms with Crippen LogP contribution in [0.15, 0.2) is 24.0 Å². The van der Waals surface area contributed by atoms with Crippen molar-refractivity contribution in [2.75, 3.05) is 0 Å². The molecule has 0 aromatic carbocycles. The fraction of sp³-hybridized carbons (Fsp3) is 0.731. The Labute approximate surface area is 184 Å². The number of allylic oxidation sites excluding steroid dienone is 2. The van der Waals surface area contributed by atoms with E-state index in [0.717, 1.165) is 37.2 Å². The molecule has 31 heavy (non-hydrogen) atoms. The Morgan fingerprint density at radius 3 is 2.84 bits per heavy atom. The van der Waals surface area contributed by atoms with Gasteiger partial charge in [0.15, 0.2) is 5.78 Å². The SMILES string of the molecule is C[C@@]1(O)CC[C@@]23C[C@@]2(CC[C@@H]2[C@@H]3CC[C@]3(C)C(C(=O)Cn4cc(C#N)cn4)=CC[C@@H]23)C1. The zero-order valence-corrected chi connectivity index (χ0v) is 18.7. The fourth-order valence-electron chi connectivity index (χ4n) is 9.16. The van der Waals surface area contributed by atoms with Gasteiger partial charge in [-0.25, -0.2) is 0 Å². The van der Waals surface area contributed by atoms with Crippen LogP contribution in [0.1, 0.15) is 77.2 Å². The van der Waals surface area contributed by atoms with Gasteiger partial charge in [0, 0.05) is 6.20 Å². The van der Waals surface area contributed by atoms with Crippen LogP contribution in [0.4, 0.5) is 0 Å². The van der Waals surface area contributed by atoms with E-state index in [4.69, 9.17) is 5.26 Å². The number of carbonyl (C=O) groups is 1. The van der Waals surface area contributed by atoms with Crippen LogP contribution in [0.2, 0.25) is 0 Å². The zero-order chi connectivity index (χ0) is 21.6. The van der Waals surface area contributed by atoms with Crippen molar-refractivity contribution in [2.45, 2.75) is 83.8 Å². The molecule has 0 radical (unpaired) electrons. The third-order valence-electron chi connectivity index (χ3n) is 10.5. The average Bonchev–Trinajstić information content (AvgIpc) is 3.00. The summed E-state index contributed by atoms with van der Waals surface area (Å²) in [7, 11) is 0. The molecule has 4 saturated carbocycles. The molecule has 0 amide bonds. The molecule has 1 aromatic heterocycles. The second kappa shape index (κ2) is 6.10. The monoisotopic (exact) mass is 419 g/mol. The fourth-order valence-corrected chi connectivity index (χ4v) is 9.16. The summed E-state index contributed by atoms with van der Waals surface area (Å²) in [6, 6.07) is 2.08. The van der Waals surface area contributed by atoms with Crippen LogP contribution in [0.25, 0.3) is 0 Å². The van der Waals surface area contributed by atoms with E-state index >= 15 is 0 Å². The van der Waals surface area contributed by atoms with Crippen molar-refractivity contribution in [1.82, 2.24) is 9.78 Å². The lowest BCUT2D eigenvalue weighted by Gasteiger charge is -2.56. The summed E-state index contributed by atoms with van der Waals surface area (Å²) in [4.78, 5) is 13.3. The van der Waals surface area contributed by atoms with Crippen LogP contribution in [0.5, 0.6) is 0 Å². The number of carbonyl (C=O) groups excluding carboxylic acids is 1. The molecule has 0 aliphatic heterocycles.